The number of nitrogens with zero attached hydrogens (tertiary/aromatic N) is 1. The third kappa shape index (κ3) is 2.04. The molecule has 0 radical (unpaired) electrons. The summed E-state index contributed by atoms with van der Waals surface area (Å²) in [6.45, 7) is 0. The van der Waals surface area contributed by atoms with Crippen LogP contribution in [-0.4, -0.2) is 10.7 Å². The predicted octanol–water partition coefficient (Wildman–Crippen LogP) is 4.49. The van der Waals surface area contributed by atoms with Gasteiger partial charge in [0.25, 0.3) is 0 Å². The van der Waals surface area contributed by atoms with Gasteiger partial charge in [-0.1, -0.05) is 36.4 Å². The summed E-state index contributed by atoms with van der Waals surface area (Å²) in [7, 11) is 0. The minimum absolute atomic E-state index is 0.374. The van der Waals surface area contributed by atoms with E-state index in [-0.39, 0.29) is 0 Å². The molecular weight excluding hydrogens is 264 g/mol. The SMILES string of the molecule is c1ccc2c(c1)SCC2Nc1cnc2ccccc2c1. The lowest BCUT2D eigenvalue weighted by atomic mass is 10.1. The standard InChI is InChI=1S/C17H14N2S/c1-3-7-15-12(5-1)9-13(10-18-15)19-16-11-20-17-8-4-2-6-14(16)17/h1-10,16,19H,11H2. The summed E-state index contributed by atoms with van der Waals surface area (Å²) in [4.78, 5) is 5.90. The fraction of sp³-hybridized carbons (Fsp3) is 0.118. The molecule has 0 saturated carbocycles. The van der Waals surface area contributed by atoms with E-state index in [2.05, 4.69) is 52.8 Å². The van der Waals surface area contributed by atoms with E-state index in [1.807, 2.05) is 30.1 Å². The molecule has 0 fully saturated rings. The molecule has 1 atom stereocenters. The Bertz CT molecular complexity index is 770. The molecule has 3 aromatic rings. The zero-order valence-electron chi connectivity index (χ0n) is 10.9. The summed E-state index contributed by atoms with van der Waals surface area (Å²) in [5, 5.41) is 4.78. The molecule has 1 aliphatic rings. The van der Waals surface area contributed by atoms with Gasteiger partial charge in [-0.05, 0) is 23.8 Å². The molecular formula is C17H14N2S. The Morgan fingerprint density at radius 2 is 1.90 bits per heavy atom. The maximum atomic E-state index is 4.51. The van der Waals surface area contributed by atoms with E-state index < -0.39 is 0 Å². The van der Waals surface area contributed by atoms with Crippen molar-refractivity contribution in [3.05, 3.63) is 66.4 Å². The van der Waals surface area contributed by atoms with E-state index in [0.717, 1.165) is 17.0 Å². The molecule has 1 aromatic heterocycles. The molecule has 2 heterocycles. The predicted molar refractivity (Wildman–Crippen MR) is 85.3 cm³/mol. The number of hydrogen-bond acceptors (Lipinski definition) is 3. The number of anilines is 1. The molecule has 0 aliphatic carbocycles. The number of fused-ring (bicyclic) bond motifs is 2. The Labute approximate surface area is 122 Å². The summed E-state index contributed by atoms with van der Waals surface area (Å²) in [5.41, 5.74) is 3.52. The lowest BCUT2D eigenvalue weighted by molar-refractivity contribution is 0.899. The van der Waals surface area contributed by atoms with Crippen molar-refractivity contribution in [3.8, 4) is 0 Å². The van der Waals surface area contributed by atoms with Gasteiger partial charge in [0, 0.05) is 16.0 Å². The molecule has 4 rings (SSSR count). The molecule has 1 unspecified atom stereocenters. The van der Waals surface area contributed by atoms with E-state index in [1.54, 1.807) is 0 Å². The normalized spacial score (nSPS) is 17.1. The third-order valence-corrected chi connectivity index (χ3v) is 4.81. The molecule has 0 spiro atoms. The van der Waals surface area contributed by atoms with Crippen LogP contribution in [-0.2, 0) is 0 Å². The van der Waals surface area contributed by atoms with Crippen molar-refractivity contribution >= 4 is 28.4 Å². The van der Waals surface area contributed by atoms with E-state index in [4.69, 9.17) is 0 Å². The maximum Gasteiger partial charge on any atom is 0.0703 e. The van der Waals surface area contributed by atoms with Crippen LogP contribution in [0.25, 0.3) is 10.9 Å². The van der Waals surface area contributed by atoms with Gasteiger partial charge >= 0.3 is 0 Å². The van der Waals surface area contributed by atoms with Crippen LogP contribution in [0.5, 0.6) is 0 Å². The average Bonchev–Trinajstić information content (AvgIpc) is 2.91. The second kappa shape index (κ2) is 4.84. The van der Waals surface area contributed by atoms with E-state index in [0.29, 0.717) is 6.04 Å². The average molecular weight is 278 g/mol. The van der Waals surface area contributed by atoms with E-state index in [9.17, 15) is 0 Å². The van der Waals surface area contributed by atoms with Crippen molar-refractivity contribution in [2.45, 2.75) is 10.9 Å². The fourth-order valence-corrected chi connectivity index (χ4v) is 3.79. The van der Waals surface area contributed by atoms with Gasteiger partial charge in [-0.25, -0.2) is 0 Å². The van der Waals surface area contributed by atoms with Crippen LogP contribution in [0.1, 0.15) is 11.6 Å². The topological polar surface area (TPSA) is 24.9 Å². The molecule has 1 aliphatic heterocycles. The first-order valence-corrected chi connectivity index (χ1v) is 7.72. The summed E-state index contributed by atoms with van der Waals surface area (Å²) in [6, 6.07) is 19.4. The van der Waals surface area contributed by atoms with Crippen molar-refractivity contribution in [1.82, 2.24) is 4.98 Å². The molecule has 0 saturated heterocycles. The molecule has 2 aromatic carbocycles. The van der Waals surface area contributed by atoms with Crippen LogP contribution in [0.15, 0.2) is 65.7 Å². The minimum atomic E-state index is 0.374. The van der Waals surface area contributed by atoms with Gasteiger partial charge < -0.3 is 5.32 Å². The van der Waals surface area contributed by atoms with E-state index in [1.165, 1.54) is 15.8 Å². The third-order valence-electron chi connectivity index (χ3n) is 3.63. The van der Waals surface area contributed by atoms with Gasteiger partial charge in [0.2, 0.25) is 0 Å². The summed E-state index contributed by atoms with van der Waals surface area (Å²) >= 11 is 1.92. The van der Waals surface area contributed by atoms with Crippen molar-refractivity contribution in [2.24, 2.45) is 0 Å². The zero-order valence-corrected chi connectivity index (χ0v) is 11.7. The van der Waals surface area contributed by atoms with Crippen LogP contribution in [0.3, 0.4) is 0 Å². The second-order valence-corrected chi connectivity index (χ2v) is 6.02. The van der Waals surface area contributed by atoms with Gasteiger partial charge in [0.15, 0.2) is 0 Å². The molecule has 0 bridgehead atoms. The summed E-state index contributed by atoms with van der Waals surface area (Å²) in [5.74, 6) is 1.08. The molecule has 20 heavy (non-hydrogen) atoms. The Kier molecular flexibility index (Phi) is 2.85. The maximum absolute atomic E-state index is 4.51. The number of hydrogen-bond donors (Lipinski definition) is 1. The first kappa shape index (κ1) is 11.8. The van der Waals surface area contributed by atoms with Crippen LogP contribution in [0.2, 0.25) is 0 Å². The monoisotopic (exact) mass is 278 g/mol. The number of thioether (sulfide) groups is 1. The number of nitrogens with one attached hydrogen (secondary N) is 1. The molecule has 0 amide bonds. The van der Waals surface area contributed by atoms with Gasteiger partial charge in [0.05, 0.1) is 23.4 Å². The quantitative estimate of drug-likeness (QED) is 0.747. The van der Waals surface area contributed by atoms with Gasteiger partial charge in [0.1, 0.15) is 0 Å². The Balaban J connectivity index is 1.65. The Morgan fingerprint density at radius 3 is 2.90 bits per heavy atom. The number of rotatable bonds is 2. The van der Waals surface area contributed by atoms with Crippen LogP contribution >= 0.6 is 11.8 Å². The zero-order chi connectivity index (χ0) is 13.4. The number of pyridine rings is 1. The van der Waals surface area contributed by atoms with Crippen LogP contribution in [0, 0.1) is 0 Å². The smallest absolute Gasteiger partial charge is 0.0703 e. The number of benzene rings is 2. The summed E-state index contributed by atoms with van der Waals surface area (Å²) < 4.78 is 0. The van der Waals surface area contributed by atoms with Gasteiger partial charge in [-0.3, -0.25) is 4.98 Å². The Morgan fingerprint density at radius 1 is 1.05 bits per heavy atom. The highest BCUT2D eigenvalue weighted by Crippen LogP contribution is 2.39. The lowest BCUT2D eigenvalue weighted by Crippen LogP contribution is -2.09. The van der Waals surface area contributed by atoms with Crippen molar-refractivity contribution in [3.63, 3.8) is 0 Å². The highest BCUT2D eigenvalue weighted by atomic mass is 32.2. The van der Waals surface area contributed by atoms with E-state index >= 15 is 0 Å². The van der Waals surface area contributed by atoms with Crippen LogP contribution in [0.4, 0.5) is 5.69 Å². The highest BCUT2D eigenvalue weighted by Gasteiger charge is 2.22. The second-order valence-electron chi connectivity index (χ2n) is 4.96. The molecule has 3 heteroatoms. The first-order chi connectivity index (χ1) is 9.90. The van der Waals surface area contributed by atoms with Gasteiger partial charge in [-0.15, -0.1) is 11.8 Å². The fourth-order valence-electron chi connectivity index (χ4n) is 2.63. The molecule has 98 valence electrons. The van der Waals surface area contributed by atoms with Crippen molar-refractivity contribution in [2.75, 3.05) is 11.1 Å². The number of para-hydroxylation sites is 1. The largest absolute Gasteiger partial charge is 0.376 e. The first-order valence-electron chi connectivity index (χ1n) is 6.73. The highest BCUT2D eigenvalue weighted by molar-refractivity contribution is 7.99. The molecule has 2 nitrogen and oxygen atoms in total. The Hall–Kier alpha value is -2.00. The van der Waals surface area contributed by atoms with Crippen molar-refractivity contribution in [1.29, 1.82) is 0 Å². The van der Waals surface area contributed by atoms with Crippen LogP contribution < -0.4 is 5.32 Å². The molecule has 1 N–H and O–H groups in total. The summed E-state index contributed by atoms with van der Waals surface area (Å²) in [6.07, 6.45) is 1.92. The van der Waals surface area contributed by atoms with Crippen molar-refractivity contribution < 1.29 is 0 Å². The van der Waals surface area contributed by atoms with Gasteiger partial charge in [-0.2, -0.15) is 0 Å². The lowest BCUT2D eigenvalue weighted by Gasteiger charge is -2.14. The number of aromatic nitrogens is 1. The minimum Gasteiger partial charge on any atom is -0.376 e.